The molecule has 1 N–H and O–H groups in total. The minimum atomic E-state index is -0.236. The number of rotatable bonds is 5. The van der Waals surface area contributed by atoms with Gasteiger partial charge in [0.2, 0.25) is 5.91 Å². The van der Waals surface area contributed by atoms with Gasteiger partial charge in [-0.25, -0.2) is 4.98 Å². The molecule has 2 aliphatic heterocycles. The molecule has 1 atom stereocenters. The summed E-state index contributed by atoms with van der Waals surface area (Å²) in [5.74, 6) is 0.150. The quantitative estimate of drug-likeness (QED) is 0.865. The molecule has 7 nitrogen and oxygen atoms in total. The highest BCUT2D eigenvalue weighted by Crippen LogP contribution is 2.35. The van der Waals surface area contributed by atoms with E-state index in [-0.39, 0.29) is 31.1 Å². The summed E-state index contributed by atoms with van der Waals surface area (Å²) in [6, 6.07) is 5.56. The van der Waals surface area contributed by atoms with Gasteiger partial charge in [0.15, 0.2) is 6.61 Å². The number of ether oxygens (including phenoxy) is 2. The highest BCUT2D eigenvalue weighted by Gasteiger charge is 2.28. The van der Waals surface area contributed by atoms with Crippen molar-refractivity contribution in [3.05, 3.63) is 29.1 Å². The highest BCUT2D eigenvalue weighted by atomic mass is 32.1. The van der Waals surface area contributed by atoms with E-state index in [9.17, 15) is 9.59 Å². The Balaban J connectivity index is 1.50. The number of nitrogens with zero attached hydrogens (tertiary/aromatic N) is 2. The zero-order valence-electron chi connectivity index (χ0n) is 14.1. The van der Waals surface area contributed by atoms with Gasteiger partial charge in [-0.05, 0) is 31.0 Å². The first-order chi connectivity index (χ1) is 12.7. The van der Waals surface area contributed by atoms with Gasteiger partial charge >= 0.3 is 0 Å². The molecule has 2 aliphatic rings. The largest absolute Gasteiger partial charge is 0.482 e. The number of anilines is 1. The second kappa shape index (κ2) is 7.43. The van der Waals surface area contributed by atoms with Gasteiger partial charge in [0.1, 0.15) is 12.3 Å². The monoisotopic (exact) mass is 373 g/mol. The minimum Gasteiger partial charge on any atom is -0.482 e. The number of fused-ring (bicyclic) bond motifs is 1. The molecule has 1 aromatic carbocycles. The van der Waals surface area contributed by atoms with E-state index in [0.717, 1.165) is 30.7 Å². The summed E-state index contributed by atoms with van der Waals surface area (Å²) in [6.45, 7) is 1.11. The highest BCUT2D eigenvalue weighted by molar-refractivity contribution is 7.07. The molecular weight excluding hydrogens is 354 g/mol. The average Bonchev–Trinajstić information content (AvgIpc) is 3.36. The Hall–Kier alpha value is -2.45. The number of hydrogen-bond acceptors (Lipinski definition) is 6. The molecule has 2 aromatic rings. The number of carbonyl (C=O) groups excluding carboxylic acids is 2. The Bertz CT molecular complexity index is 803. The van der Waals surface area contributed by atoms with E-state index in [1.807, 2.05) is 23.6 Å². The fraction of sp³-hybridized carbons (Fsp3) is 0.389. The van der Waals surface area contributed by atoms with Crippen molar-refractivity contribution in [2.45, 2.75) is 18.9 Å². The topological polar surface area (TPSA) is 80.8 Å². The van der Waals surface area contributed by atoms with Crippen LogP contribution in [0.25, 0.3) is 11.3 Å². The second-order valence-corrected chi connectivity index (χ2v) is 6.98. The lowest BCUT2D eigenvalue weighted by Gasteiger charge is -2.29. The molecule has 0 bridgehead atoms. The first-order valence-electron chi connectivity index (χ1n) is 8.55. The third kappa shape index (κ3) is 3.56. The van der Waals surface area contributed by atoms with Crippen LogP contribution in [0.5, 0.6) is 5.75 Å². The van der Waals surface area contributed by atoms with E-state index in [1.54, 1.807) is 5.51 Å². The summed E-state index contributed by atoms with van der Waals surface area (Å²) in [6.07, 6.45) is 2.05. The molecule has 26 heavy (non-hydrogen) atoms. The van der Waals surface area contributed by atoms with Crippen LogP contribution in [-0.2, 0) is 14.3 Å². The summed E-state index contributed by atoms with van der Waals surface area (Å²) in [5.41, 5.74) is 4.07. The molecule has 3 heterocycles. The molecule has 136 valence electrons. The molecule has 2 amide bonds. The molecule has 0 saturated carbocycles. The van der Waals surface area contributed by atoms with Crippen LogP contribution in [0.1, 0.15) is 12.8 Å². The van der Waals surface area contributed by atoms with Crippen molar-refractivity contribution in [1.82, 2.24) is 10.3 Å². The first kappa shape index (κ1) is 17.0. The maximum Gasteiger partial charge on any atom is 0.265 e. The number of nitrogens with one attached hydrogen (secondary N) is 1. The van der Waals surface area contributed by atoms with E-state index in [2.05, 4.69) is 10.3 Å². The standard InChI is InChI=1S/C18H19N3O4S/c22-17(19-7-13-2-1-5-24-13)8-21-15-6-12(14-10-26-11-20-14)3-4-16(15)25-9-18(21)23/h3-4,6,10-11,13H,1-2,5,7-9H2,(H,19,22). The van der Waals surface area contributed by atoms with Crippen molar-refractivity contribution in [3.63, 3.8) is 0 Å². The van der Waals surface area contributed by atoms with E-state index in [4.69, 9.17) is 9.47 Å². The van der Waals surface area contributed by atoms with Crippen LogP contribution in [0.2, 0.25) is 0 Å². The summed E-state index contributed by atoms with van der Waals surface area (Å²) in [5, 5.41) is 4.79. The molecule has 4 rings (SSSR count). The second-order valence-electron chi connectivity index (χ2n) is 6.26. The van der Waals surface area contributed by atoms with Gasteiger partial charge < -0.3 is 14.8 Å². The van der Waals surface area contributed by atoms with Crippen LogP contribution in [-0.4, -0.2) is 49.2 Å². The van der Waals surface area contributed by atoms with E-state index in [0.29, 0.717) is 18.0 Å². The van der Waals surface area contributed by atoms with Crippen molar-refractivity contribution in [2.75, 3.05) is 31.2 Å². The van der Waals surface area contributed by atoms with Crippen molar-refractivity contribution < 1.29 is 19.1 Å². The molecule has 1 aromatic heterocycles. The fourth-order valence-corrected chi connectivity index (χ4v) is 3.68. The molecule has 0 radical (unpaired) electrons. The summed E-state index contributed by atoms with van der Waals surface area (Å²) in [4.78, 5) is 30.4. The van der Waals surface area contributed by atoms with Crippen LogP contribution >= 0.6 is 11.3 Å². The normalized spacial score (nSPS) is 19.2. The molecule has 8 heteroatoms. The third-order valence-corrected chi connectivity index (χ3v) is 5.07. The number of benzene rings is 1. The smallest absolute Gasteiger partial charge is 0.265 e. The lowest BCUT2D eigenvalue weighted by molar-refractivity contribution is -0.125. The van der Waals surface area contributed by atoms with Crippen LogP contribution in [0.4, 0.5) is 5.69 Å². The average molecular weight is 373 g/mol. The Kier molecular flexibility index (Phi) is 4.85. The molecule has 0 spiro atoms. The van der Waals surface area contributed by atoms with Crippen molar-refractivity contribution >= 4 is 28.8 Å². The van der Waals surface area contributed by atoms with Gasteiger partial charge in [0.05, 0.1) is 23.0 Å². The number of carbonyl (C=O) groups is 2. The van der Waals surface area contributed by atoms with Crippen molar-refractivity contribution in [1.29, 1.82) is 0 Å². The van der Waals surface area contributed by atoms with Crippen LogP contribution in [0.3, 0.4) is 0 Å². The Morgan fingerprint density at radius 3 is 3.12 bits per heavy atom. The number of hydrogen-bond donors (Lipinski definition) is 1. The summed E-state index contributed by atoms with van der Waals surface area (Å²) >= 11 is 1.50. The van der Waals surface area contributed by atoms with Crippen LogP contribution < -0.4 is 15.0 Å². The molecular formula is C18H19N3O4S. The van der Waals surface area contributed by atoms with Gasteiger partial charge in [0, 0.05) is 24.1 Å². The predicted octanol–water partition coefficient (Wildman–Crippen LogP) is 1.83. The Morgan fingerprint density at radius 1 is 1.42 bits per heavy atom. The SMILES string of the molecule is O=C(CN1C(=O)COc2ccc(-c3cscn3)cc21)NCC1CCCO1. The van der Waals surface area contributed by atoms with Crippen LogP contribution in [0, 0.1) is 0 Å². The fourth-order valence-electron chi connectivity index (χ4n) is 3.12. The maximum absolute atomic E-state index is 12.3. The third-order valence-electron chi connectivity index (χ3n) is 4.48. The lowest BCUT2D eigenvalue weighted by atomic mass is 10.1. The molecule has 1 saturated heterocycles. The van der Waals surface area contributed by atoms with E-state index < -0.39 is 0 Å². The minimum absolute atomic E-state index is 0.0393. The zero-order valence-corrected chi connectivity index (χ0v) is 15.0. The van der Waals surface area contributed by atoms with Gasteiger partial charge in [-0.1, -0.05) is 0 Å². The summed E-state index contributed by atoms with van der Waals surface area (Å²) < 4.78 is 11.0. The Labute approximate surface area is 154 Å². The van der Waals surface area contributed by atoms with E-state index >= 15 is 0 Å². The van der Waals surface area contributed by atoms with Crippen molar-refractivity contribution in [3.8, 4) is 17.0 Å². The first-order valence-corrected chi connectivity index (χ1v) is 9.49. The van der Waals surface area contributed by atoms with Gasteiger partial charge in [0.25, 0.3) is 5.91 Å². The number of amides is 2. The van der Waals surface area contributed by atoms with Gasteiger partial charge in [-0.15, -0.1) is 11.3 Å². The molecule has 1 fully saturated rings. The van der Waals surface area contributed by atoms with Crippen molar-refractivity contribution in [2.24, 2.45) is 0 Å². The molecule has 0 aliphatic carbocycles. The lowest BCUT2D eigenvalue weighted by Crippen LogP contribution is -2.46. The predicted molar refractivity (Wildman–Crippen MR) is 97.4 cm³/mol. The van der Waals surface area contributed by atoms with Gasteiger partial charge in [-0.3, -0.25) is 14.5 Å². The Morgan fingerprint density at radius 2 is 2.35 bits per heavy atom. The van der Waals surface area contributed by atoms with E-state index in [1.165, 1.54) is 16.2 Å². The van der Waals surface area contributed by atoms with Crippen LogP contribution in [0.15, 0.2) is 29.1 Å². The van der Waals surface area contributed by atoms with Gasteiger partial charge in [-0.2, -0.15) is 0 Å². The number of aromatic nitrogens is 1. The molecule has 1 unspecified atom stereocenters. The maximum atomic E-state index is 12.3. The zero-order chi connectivity index (χ0) is 17.9. The number of thiazole rings is 1. The summed E-state index contributed by atoms with van der Waals surface area (Å²) in [7, 11) is 0.